The maximum absolute atomic E-state index is 12.4. The first kappa shape index (κ1) is 18.1. The van der Waals surface area contributed by atoms with Crippen LogP contribution in [0.1, 0.15) is 31.3 Å². The number of thiazole rings is 1. The van der Waals surface area contributed by atoms with Crippen molar-refractivity contribution in [2.24, 2.45) is 0 Å². The molecule has 2 amide bonds. The van der Waals surface area contributed by atoms with Crippen LogP contribution >= 0.6 is 22.9 Å². The Morgan fingerprint density at radius 3 is 2.46 bits per heavy atom. The topological polar surface area (TPSA) is 71.1 Å². The van der Waals surface area contributed by atoms with Crippen LogP contribution in [0.3, 0.4) is 0 Å². The molecule has 7 heteroatoms. The van der Waals surface area contributed by atoms with E-state index in [2.05, 4.69) is 15.8 Å². The van der Waals surface area contributed by atoms with Crippen molar-refractivity contribution < 1.29 is 9.59 Å². The number of benzene rings is 2. The maximum atomic E-state index is 12.4. The van der Waals surface area contributed by atoms with Crippen LogP contribution in [0.15, 0.2) is 48.5 Å². The largest absolute Gasteiger partial charge is 0.281 e. The van der Waals surface area contributed by atoms with Gasteiger partial charge in [0.15, 0.2) is 0 Å². The Kier molecular flexibility index (Phi) is 5.35. The Morgan fingerprint density at radius 1 is 1.00 bits per heavy atom. The second kappa shape index (κ2) is 7.68. The highest BCUT2D eigenvalue weighted by Gasteiger charge is 2.17. The number of aromatic nitrogens is 1. The standard InChI is InChI=1S/C19H16ClN3O2S/c1-11-6-3-4-9-15(11)17(24)22-23-18(25)16-12(2)21-19(26-16)13-7-5-8-14(20)10-13/h3-10H,1-2H3,(H,22,24)(H,23,25). The molecule has 1 heterocycles. The van der Waals surface area contributed by atoms with E-state index in [1.165, 1.54) is 11.3 Å². The zero-order valence-corrected chi connectivity index (χ0v) is 15.7. The van der Waals surface area contributed by atoms with Gasteiger partial charge in [0.05, 0.1) is 5.69 Å². The van der Waals surface area contributed by atoms with Crippen LogP contribution in [0.5, 0.6) is 0 Å². The van der Waals surface area contributed by atoms with E-state index in [1.807, 2.05) is 31.2 Å². The molecule has 26 heavy (non-hydrogen) atoms. The number of nitrogens with zero attached hydrogens (tertiary/aromatic N) is 1. The third kappa shape index (κ3) is 3.92. The predicted molar refractivity (Wildman–Crippen MR) is 103 cm³/mol. The zero-order chi connectivity index (χ0) is 18.7. The summed E-state index contributed by atoms with van der Waals surface area (Å²) in [6, 6.07) is 14.4. The highest BCUT2D eigenvalue weighted by molar-refractivity contribution is 7.17. The van der Waals surface area contributed by atoms with E-state index in [0.29, 0.717) is 26.2 Å². The number of nitrogens with one attached hydrogen (secondary N) is 2. The van der Waals surface area contributed by atoms with Gasteiger partial charge in [0.1, 0.15) is 9.88 Å². The molecule has 5 nitrogen and oxygen atoms in total. The second-order valence-electron chi connectivity index (χ2n) is 5.67. The van der Waals surface area contributed by atoms with Crippen LogP contribution in [-0.2, 0) is 0 Å². The van der Waals surface area contributed by atoms with Crippen molar-refractivity contribution in [3.8, 4) is 10.6 Å². The summed E-state index contributed by atoms with van der Waals surface area (Å²) in [5.74, 6) is -0.774. The van der Waals surface area contributed by atoms with Crippen molar-refractivity contribution in [2.45, 2.75) is 13.8 Å². The minimum atomic E-state index is -0.407. The summed E-state index contributed by atoms with van der Waals surface area (Å²) in [4.78, 5) is 29.5. The van der Waals surface area contributed by atoms with Gasteiger partial charge in [-0.25, -0.2) is 4.98 Å². The molecular formula is C19H16ClN3O2S. The molecule has 0 saturated carbocycles. The quantitative estimate of drug-likeness (QED) is 0.665. The Morgan fingerprint density at radius 2 is 1.73 bits per heavy atom. The lowest BCUT2D eigenvalue weighted by Gasteiger charge is -2.08. The third-order valence-corrected chi connectivity index (χ3v) is 5.19. The van der Waals surface area contributed by atoms with Gasteiger partial charge in [0.25, 0.3) is 11.8 Å². The van der Waals surface area contributed by atoms with Gasteiger partial charge in [-0.05, 0) is 37.6 Å². The number of rotatable bonds is 3. The molecular weight excluding hydrogens is 370 g/mol. The lowest BCUT2D eigenvalue weighted by molar-refractivity contribution is 0.0848. The Labute approximate surface area is 160 Å². The average molecular weight is 386 g/mol. The second-order valence-corrected chi connectivity index (χ2v) is 7.10. The van der Waals surface area contributed by atoms with E-state index < -0.39 is 5.91 Å². The summed E-state index contributed by atoms with van der Waals surface area (Å²) in [6.07, 6.45) is 0. The SMILES string of the molecule is Cc1ccccc1C(=O)NNC(=O)c1sc(-c2cccc(Cl)c2)nc1C. The summed E-state index contributed by atoms with van der Waals surface area (Å²) >= 11 is 7.26. The molecule has 0 aliphatic carbocycles. The van der Waals surface area contributed by atoms with Gasteiger partial charge in [-0.2, -0.15) is 0 Å². The molecule has 0 fully saturated rings. The Bertz CT molecular complexity index is 984. The first-order valence-corrected chi connectivity index (χ1v) is 9.05. The van der Waals surface area contributed by atoms with Crippen molar-refractivity contribution in [1.29, 1.82) is 0 Å². The molecule has 1 aromatic heterocycles. The molecule has 0 spiro atoms. The summed E-state index contributed by atoms with van der Waals surface area (Å²) in [5, 5.41) is 1.30. The smallest absolute Gasteiger partial charge is 0.267 e. The highest BCUT2D eigenvalue weighted by Crippen LogP contribution is 2.29. The number of hydrogen-bond donors (Lipinski definition) is 2. The summed E-state index contributed by atoms with van der Waals surface area (Å²) in [5.41, 5.74) is 7.66. The van der Waals surface area contributed by atoms with Gasteiger partial charge in [-0.1, -0.05) is 41.9 Å². The zero-order valence-electron chi connectivity index (χ0n) is 14.2. The van der Waals surface area contributed by atoms with E-state index in [0.717, 1.165) is 11.1 Å². The van der Waals surface area contributed by atoms with Gasteiger partial charge in [-0.15, -0.1) is 11.3 Å². The number of hydrazine groups is 1. The molecule has 0 unspecified atom stereocenters. The number of amides is 2. The van der Waals surface area contributed by atoms with Crippen molar-refractivity contribution in [1.82, 2.24) is 15.8 Å². The highest BCUT2D eigenvalue weighted by atomic mass is 35.5. The fourth-order valence-electron chi connectivity index (χ4n) is 2.42. The van der Waals surface area contributed by atoms with Gasteiger partial charge in [0.2, 0.25) is 0 Å². The Balaban J connectivity index is 1.73. The normalized spacial score (nSPS) is 10.4. The minimum absolute atomic E-state index is 0.367. The number of aryl methyl sites for hydroxylation is 2. The summed E-state index contributed by atoms with van der Waals surface area (Å²) < 4.78 is 0. The Hall–Kier alpha value is -2.70. The maximum Gasteiger partial charge on any atom is 0.281 e. The summed E-state index contributed by atoms with van der Waals surface area (Å²) in [6.45, 7) is 3.59. The molecule has 0 aliphatic heterocycles. The minimum Gasteiger partial charge on any atom is -0.267 e. The van der Waals surface area contributed by atoms with E-state index >= 15 is 0 Å². The van der Waals surface area contributed by atoms with Gasteiger partial charge in [-0.3, -0.25) is 20.4 Å². The van der Waals surface area contributed by atoms with E-state index in [9.17, 15) is 9.59 Å². The average Bonchev–Trinajstić information content (AvgIpc) is 3.02. The molecule has 0 atom stereocenters. The fourth-order valence-corrected chi connectivity index (χ4v) is 3.57. The van der Waals surface area contributed by atoms with Crippen LogP contribution < -0.4 is 10.9 Å². The molecule has 0 aliphatic rings. The molecule has 0 saturated heterocycles. The van der Waals surface area contributed by atoms with Crippen molar-refractivity contribution in [3.05, 3.63) is 75.3 Å². The number of carbonyl (C=O) groups is 2. The van der Waals surface area contributed by atoms with Gasteiger partial charge < -0.3 is 0 Å². The van der Waals surface area contributed by atoms with E-state index in [-0.39, 0.29) is 5.91 Å². The van der Waals surface area contributed by atoms with E-state index in [1.54, 1.807) is 31.2 Å². The van der Waals surface area contributed by atoms with Gasteiger partial charge >= 0.3 is 0 Å². The lowest BCUT2D eigenvalue weighted by Crippen LogP contribution is -2.41. The van der Waals surface area contributed by atoms with Crippen LogP contribution in [0.4, 0.5) is 0 Å². The third-order valence-electron chi connectivity index (χ3n) is 3.75. The van der Waals surface area contributed by atoms with E-state index in [4.69, 9.17) is 11.6 Å². The van der Waals surface area contributed by atoms with Crippen LogP contribution in [0, 0.1) is 13.8 Å². The number of hydrogen-bond acceptors (Lipinski definition) is 4. The van der Waals surface area contributed by atoms with Crippen molar-refractivity contribution >= 4 is 34.8 Å². The van der Waals surface area contributed by atoms with Crippen LogP contribution in [0.25, 0.3) is 10.6 Å². The number of halogens is 1. The van der Waals surface area contributed by atoms with Crippen molar-refractivity contribution in [3.63, 3.8) is 0 Å². The first-order valence-electron chi connectivity index (χ1n) is 7.85. The molecule has 3 rings (SSSR count). The molecule has 132 valence electrons. The molecule has 2 N–H and O–H groups in total. The van der Waals surface area contributed by atoms with Crippen LogP contribution in [0.2, 0.25) is 5.02 Å². The predicted octanol–water partition coefficient (Wildman–Crippen LogP) is 4.16. The number of carbonyl (C=O) groups excluding carboxylic acids is 2. The fraction of sp³-hybridized carbons (Fsp3) is 0.105. The lowest BCUT2D eigenvalue weighted by atomic mass is 10.1. The molecule has 3 aromatic rings. The summed E-state index contributed by atoms with van der Waals surface area (Å²) in [7, 11) is 0. The monoisotopic (exact) mass is 385 g/mol. The van der Waals surface area contributed by atoms with Crippen molar-refractivity contribution in [2.75, 3.05) is 0 Å². The molecule has 0 bridgehead atoms. The van der Waals surface area contributed by atoms with Crippen LogP contribution in [-0.4, -0.2) is 16.8 Å². The molecule has 2 aromatic carbocycles. The van der Waals surface area contributed by atoms with Gasteiger partial charge in [0, 0.05) is 16.1 Å². The first-order chi connectivity index (χ1) is 12.5. The molecule has 0 radical (unpaired) electrons.